The Labute approximate surface area is 101 Å². The van der Waals surface area contributed by atoms with Gasteiger partial charge in [-0.2, -0.15) is 0 Å². The Hall–Kier alpha value is -1.99. The number of benzene rings is 1. The van der Waals surface area contributed by atoms with Crippen LogP contribution < -0.4 is 11.1 Å². The molecule has 0 bridgehead atoms. The second kappa shape index (κ2) is 6.56. The van der Waals surface area contributed by atoms with Gasteiger partial charge in [-0.3, -0.25) is 4.79 Å². The maximum Gasteiger partial charge on any atom is 0.238 e. The minimum Gasteiger partial charge on any atom is -0.508 e. The van der Waals surface area contributed by atoms with Crippen molar-refractivity contribution in [2.45, 2.75) is 19.4 Å². The van der Waals surface area contributed by atoms with Gasteiger partial charge in [0, 0.05) is 0 Å². The molecule has 90 valence electrons. The van der Waals surface area contributed by atoms with Crippen LogP contribution in [0.4, 0.5) is 0 Å². The largest absolute Gasteiger partial charge is 0.508 e. The Kier molecular flexibility index (Phi) is 5.05. The van der Waals surface area contributed by atoms with Crippen LogP contribution in [0.3, 0.4) is 0 Å². The van der Waals surface area contributed by atoms with Gasteiger partial charge in [0.05, 0.1) is 12.6 Å². The normalized spacial score (nSPS) is 11.2. The number of phenolic OH excluding ortho intramolecular Hbond substituents is 1. The third kappa shape index (κ3) is 4.58. The van der Waals surface area contributed by atoms with Crippen molar-refractivity contribution >= 4 is 5.91 Å². The summed E-state index contributed by atoms with van der Waals surface area (Å²) in [5.74, 6) is 5.40. The number of hydrogen-bond donors (Lipinski definition) is 3. The van der Waals surface area contributed by atoms with Gasteiger partial charge in [0.2, 0.25) is 5.91 Å². The van der Waals surface area contributed by atoms with Gasteiger partial charge in [0.25, 0.3) is 0 Å². The Bertz CT molecular complexity index is 429. The summed E-state index contributed by atoms with van der Waals surface area (Å²) in [6.07, 6.45) is 0.436. The van der Waals surface area contributed by atoms with Crippen LogP contribution in [0.5, 0.6) is 5.75 Å². The number of hydrogen-bond acceptors (Lipinski definition) is 3. The van der Waals surface area contributed by atoms with Crippen molar-refractivity contribution in [3.63, 3.8) is 0 Å². The zero-order valence-electron chi connectivity index (χ0n) is 9.73. The first-order chi connectivity index (χ1) is 8.13. The third-order valence-electron chi connectivity index (χ3n) is 2.26. The first-order valence-corrected chi connectivity index (χ1v) is 5.34. The van der Waals surface area contributed by atoms with Crippen molar-refractivity contribution < 1.29 is 9.90 Å². The summed E-state index contributed by atoms with van der Waals surface area (Å²) in [6.45, 7) is 2.03. The zero-order valence-corrected chi connectivity index (χ0v) is 9.73. The highest BCUT2D eigenvalue weighted by Gasteiger charge is 2.12. The van der Waals surface area contributed by atoms with Crippen molar-refractivity contribution in [3.8, 4) is 17.6 Å². The van der Waals surface area contributed by atoms with E-state index in [9.17, 15) is 4.79 Å². The number of nitrogens with two attached hydrogens (primary N) is 1. The lowest BCUT2D eigenvalue weighted by molar-refractivity contribution is -0.122. The number of carbonyl (C=O) groups excluding carboxylic acids is 1. The molecule has 1 amide bonds. The van der Waals surface area contributed by atoms with Gasteiger partial charge in [-0.1, -0.05) is 18.1 Å². The first kappa shape index (κ1) is 13.1. The predicted octanol–water partition coefficient (Wildman–Crippen LogP) is 0.402. The number of aromatic hydroxyl groups is 1. The monoisotopic (exact) mass is 232 g/mol. The highest BCUT2D eigenvalue weighted by atomic mass is 16.3. The van der Waals surface area contributed by atoms with Crippen LogP contribution in [0.2, 0.25) is 0 Å². The minimum absolute atomic E-state index is 0.199. The molecule has 1 unspecified atom stereocenters. The van der Waals surface area contributed by atoms with E-state index in [2.05, 4.69) is 17.2 Å². The quantitative estimate of drug-likeness (QED) is 0.658. The molecule has 17 heavy (non-hydrogen) atoms. The van der Waals surface area contributed by atoms with Crippen molar-refractivity contribution in [1.29, 1.82) is 0 Å². The van der Waals surface area contributed by atoms with E-state index in [1.54, 1.807) is 31.2 Å². The molecule has 1 atom stereocenters. The number of phenols is 1. The highest BCUT2D eigenvalue weighted by molar-refractivity contribution is 5.82. The molecule has 4 heteroatoms. The molecule has 0 fully saturated rings. The van der Waals surface area contributed by atoms with Crippen molar-refractivity contribution in [2.24, 2.45) is 5.73 Å². The SMILES string of the molecule is CC#CCNC(=O)C(N)Cc1ccc(O)cc1. The molecule has 1 aromatic rings. The summed E-state index contributed by atoms with van der Waals surface area (Å²) in [5.41, 5.74) is 6.66. The summed E-state index contributed by atoms with van der Waals surface area (Å²) in [4.78, 5) is 11.5. The van der Waals surface area contributed by atoms with E-state index in [1.165, 1.54) is 0 Å². The molecule has 0 aliphatic rings. The predicted molar refractivity (Wildman–Crippen MR) is 66.2 cm³/mol. The van der Waals surface area contributed by atoms with Crippen LogP contribution in [-0.4, -0.2) is 23.6 Å². The van der Waals surface area contributed by atoms with Gasteiger partial charge in [0.15, 0.2) is 0 Å². The Morgan fingerprint density at radius 3 is 2.71 bits per heavy atom. The second-order valence-electron chi connectivity index (χ2n) is 3.62. The van der Waals surface area contributed by atoms with Crippen LogP contribution in [-0.2, 0) is 11.2 Å². The lowest BCUT2D eigenvalue weighted by Crippen LogP contribution is -2.42. The molecule has 1 rings (SSSR count). The van der Waals surface area contributed by atoms with Crippen LogP contribution in [0.15, 0.2) is 24.3 Å². The molecule has 0 heterocycles. The van der Waals surface area contributed by atoms with E-state index >= 15 is 0 Å². The third-order valence-corrected chi connectivity index (χ3v) is 2.26. The molecule has 0 aromatic heterocycles. The Morgan fingerprint density at radius 1 is 1.47 bits per heavy atom. The molecule has 0 saturated heterocycles. The Balaban J connectivity index is 2.47. The maximum atomic E-state index is 11.5. The molecule has 0 radical (unpaired) electrons. The van der Waals surface area contributed by atoms with E-state index in [0.717, 1.165) is 5.56 Å². The van der Waals surface area contributed by atoms with E-state index in [-0.39, 0.29) is 11.7 Å². The van der Waals surface area contributed by atoms with Gasteiger partial charge >= 0.3 is 0 Å². The number of rotatable bonds is 4. The van der Waals surface area contributed by atoms with Gasteiger partial charge in [-0.25, -0.2) is 0 Å². The number of nitrogens with one attached hydrogen (secondary N) is 1. The second-order valence-corrected chi connectivity index (χ2v) is 3.62. The molecule has 0 saturated carbocycles. The molecule has 0 aliphatic carbocycles. The van der Waals surface area contributed by atoms with Crippen LogP contribution in [0.1, 0.15) is 12.5 Å². The number of amides is 1. The molecular formula is C13H16N2O2. The molecule has 0 aliphatic heterocycles. The molecule has 4 nitrogen and oxygen atoms in total. The number of carbonyl (C=O) groups is 1. The van der Waals surface area contributed by atoms with Gasteiger partial charge in [0.1, 0.15) is 5.75 Å². The summed E-state index contributed by atoms with van der Waals surface area (Å²) < 4.78 is 0. The van der Waals surface area contributed by atoms with Gasteiger partial charge in [-0.05, 0) is 31.0 Å². The summed E-state index contributed by atoms with van der Waals surface area (Å²) in [6, 6.07) is 6.03. The van der Waals surface area contributed by atoms with E-state index < -0.39 is 6.04 Å². The zero-order chi connectivity index (χ0) is 12.7. The average molecular weight is 232 g/mol. The minimum atomic E-state index is -0.599. The average Bonchev–Trinajstić information content (AvgIpc) is 2.32. The standard InChI is InChI=1S/C13H16N2O2/c1-2-3-8-15-13(17)12(14)9-10-4-6-11(16)7-5-10/h4-7,12,16H,8-9,14H2,1H3,(H,15,17). The molecule has 4 N–H and O–H groups in total. The van der Waals surface area contributed by atoms with Gasteiger partial charge in [-0.15, -0.1) is 5.92 Å². The lowest BCUT2D eigenvalue weighted by atomic mass is 10.1. The van der Waals surface area contributed by atoms with Gasteiger partial charge < -0.3 is 16.2 Å². The van der Waals surface area contributed by atoms with Crippen molar-refractivity contribution in [2.75, 3.05) is 6.54 Å². The molecule has 0 spiro atoms. The summed E-state index contributed by atoms with van der Waals surface area (Å²) in [7, 11) is 0. The fourth-order valence-corrected chi connectivity index (χ4v) is 1.33. The molecule has 1 aromatic carbocycles. The van der Waals surface area contributed by atoms with Crippen LogP contribution in [0.25, 0.3) is 0 Å². The summed E-state index contributed by atoms with van der Waals surface area (Å²) >= 11 is 0. The van der Waals surface area contributed by atoms with Crippen molar-refractivity contribution in [3.05, 3.63) is 29.8 Å². The van der Waals surface area contributed by atoms with E-state index in [0.29, 0.717) is 13.0 Å². The van der Waals surface area contributed by atoms with E-state index in [1.807, 2.05) is 0 Å². The lowest BCUT2D eigenvalue weighted by Gasteiger charge is -2.10. The fourth-order valence-electron chi connectivity index (χ4n) is 1.33. The molecular weight excluding hydrogens is 216 g/mol. The Morgan fingerprint density at radius 2 is 2.12 bits per heavy atom. The summed E-state index contributed by atoms with van der Waals surface area (Å²) in [5, 5.41) is 11.7. The van der Waals surface area contributed by atoms with Crippen LogP contribution >= 0.6 is 0 Å². The smallest absolute Gasteiger partial charge is 0.238 e. The maximum absolute atomic E-state index is 11.5. The fraction of sp³-hybridized carbons (Fsp3) is 0.308. The topological polar surface area (TPSA) is 75.4 Å². The van der Waals surface area contributed by atoms with E-state index in [4.69, 9.17) is 10.8 Å². The van der Waals surface area contributed by atoms with Crippen LogP contribution in [0, 0.1) is 11.8 Å². The highest BCUT2D eigenvalue weighted by Crippen LogP contribution is 2.10. The van der Waals surface area contributed by atoms with Crippen molar-refractivity contribution in [1.82, 2.24) is 5.32 Å². The first-order valence-electron chi connectivity index (χ1n) is 5.34.